The van der Waals surface area contributed by atoms with Crippen molar-refractivity contribution >= 4 is 17.5 Å². The molecular formula is C14H18ClF2NO2. The molecule has 0 heterocycles. The Balaban J connectivity index is 2.62. The number of carbonyl (C=O) groups excluding carboxylic acids is 1. The van der Waals surface area contributed by atoms with Crippen molar-refractivity contribution in [2.24, 2.45) is 5.92 Å². The quantitative estimate of drug-likeness (QED) is 0.781. The van der Waals surface area contributed by atoms with Gasteiger partial charge in [0.05, 0.1) is 0 Å². The summed E-state index contributed by atoms with van der Waals surface area (Å²) in [5, 5.41) is 2.81. The van der Waals surface area contributed by atoms with E-state index in [4.69, 9.17) is 11.6 Å². The van der Waals surface area contributed by atoms with Gasteiger partial charge in [0.2, 0.25) is 0 Å². The molecule has 1 N–H and O–H groups in total. The molecule has 0 aliphatic rings. The Bertz CT molecular complexity index is 424. The first kappa shape index (κ1) is 16.7. The highest BCUT2D eigenvalue weighted by molar-refractivity contribution is 6.18. The van der Waals surface area contributed by atoms with Crippen molar-refractivity contribution in [1.82, 2.24) is 5.32 Å². The van der Waals surface area contributed by atoms with Crippen LogP contribution in [0.15, 0.2) is 24.3 Å². The van der Waals surface area contributed by atoms with Crippen LogP contribution in [0.2, 0.25) is 0 Å². The standard InChI is InChI=1S/C14H18ClF2NO2/c1-9(2)7-11(8-15)18-13(19)10-3-5-12(6-4-10)20-14(16)17/h3-6,9,11,14H,7-8H2,1-2H3,(H,18,19). The molecule has 0 saturated heterocycles. The molecule has 1 aromatic rings. The number of rotatable bonds is 7. The van der Waals surface area contributed by atoms with Gasteiger partial charge >= 0.3 is 6.61 Å². The molecule has 6 heteroatoms. The van der Waals surface area contributed by atoms with Gasteiger partial charge in [-0.3, -0.25) is 4.79 Å². The van der Waals surface area contributed by atoms with Crippen molar-refractivity contribution < 1.29 is 18.3 Å². The lowest BCUT2D eigenvalue weighted by Crippen LogP contribution is -2.37. The predicted octanol–water partition coefficient (Wildman–Crippen LogP) is 3.67. The average Bonchev–Trinajstić information content (AvgIpc) is 2.37. The third-order valence-corrected chi connectivity index (χ3v) is 2.99. The summed E-state index contributed by atoms with van der Waals surface area (Å²) in [5.74, 6) is 0.490. The number of alkyl halides is 3. The summed E-state index contributed by atoms with van der Waals surface area (Å²) in [7, 11) is 0. The van der Waals surface area contributed by atoms with Crippen molar-refractivity contribution in [1.29, 1.82) is 0 Å². The molecule has 112 valence electrons. The van der Waals surface area contributed by atoms with Gasteiger partial charge in [0.25, 0.3) is 5.91 Å². The normalized spacial score (nSPS) is 12.6. The Morgan fingerprint density at radius 1 is 1.30 bits per heavy atom. The molecule has 0 aliphatic heterocycles. The summed E-state index contributed by atoms with van der Waals surface area (Å²) in [6.45, 7) is 1.21. The highest BCUT2D eigenvalue weighted by atomic mass is 35.5. The zero-order valence-corrected chi connectivity index (χ0v) is 12.2. The van der Waals surface area contributed by atoms with Gasteiger partial charge in [0, 0.05) is 17.5 Å². The number of amides is 1. The molecule has 1 unspecified atom stereocenters. The second-order valence-electron chi connectivity index (χ2n) is 4.86. The van der Waals surface area contributed by atoms with Crippen molar-refractivity contribution in [3.05, 3.63) is 29.8 Å². The lowest BCUT2D eigenvalue weighted by molar-refractivity contribution is -0.0498. The molecule has 1 aromatic carbocycles. The van der Waals surface area contributed by atoms with Crippen molar-refractivity contribution in [2.75, 3.05) is 5.88 Å². The monoisotopic (exact) mass is 305 g/mol. The summed E-state index contributed by atoms with van der Waals surface area (Å²) >= 11 is 5.81. The van der Waals surface area contributed by atoms with E-state index in [0.29, 0.717) is 17.4 Å². The van der Waals surface area contributed by atoms with E-state index in [1.165, 1.54) is 24.3 Å². The predicted molar refractivity (Wildman–Crippen MR) is 74.5 cm³/mol. The molecule has 0 aliphatic carbocycles. The summed E-state index contributed by atoms with van der Waals surface area (Å²) < 4.78 is 28.2. The minimum Gasteiger partial charge on any atom is -0.435 e. The summed E-state index contributed by atoms with van der Waals surface area (Å²) in [6, 6.07) is 5.43. The van der Waals surface area contributed by atoms with Crippen LogP contribution >= 0.6 is 11.6 Å². The topological polar surface area (TPSA) is 38.3 Å². The van der Waals surface area contributed by atoms with Crippen LogP contribution in [0.25, 0.3) is 0 Å². The molecule has 0 fully saturated rings. The molecule has 3 nitrogen and oxygen atoms in total. The summed E-state index contributed by atoms with van der Waals surface area (Å²) in [4.78, 5) is 12.0. The minimum atomic E-state index is -2.87. The molecule has 0 bridgehead atoms. The molecular weight excluding hydrogens is 288 g/mol. The highest BCUT2D eigenvalue weighted by Gasteiger charge is 2.14. The van der Waals surface area contributed by atoms with Crippen molar-refractivity contribution in [2.45, 2.75) is 32.9 Å². The zero-order chi connectivity index (χ0) is 15.1. The number of benzene rings is 1. The first-order valence-electron chi connectivity index (χ1n) is 6.34. The van der Waals surface area contributed by atoms with Crippen molar-refractivity contribution in [3.63, 3.8) is 0 Å². The maximum atomic E-state index is 12.0. The van der Waals surface area contributed by atoms with E-state index in [0.717, 1.165) is 6.42 Å². The van der Waals surface area contributed by atoms with E-state index < -0.39 is 6.61 Å². The molecule has 1 amide bonds. The van der Waals surface area contributed by atoms with Crippen LogP contribution in [0.4, 0.5) is 8.78 Å². The van der Waals surface area contributed by atoms with Crippen LogP contribution < -0.4 is 10.1 Å². The largest absolute Gasteiger partial charge is 0.435 e. The first-order valence-corrected chi connectivity index (χ1v) is 6.87. The summed E-state index contributed by atoms with van der Waals surface area (Å²) in [5.41, 5.74) is 0.380. The van der Waals surface area contributed by atoms with Gasteiger partial charge in [-0.15, -0.1) is 11.6 Å². The van der Waals surface area contributed by atoms with Crippen LogP contribution in [-0.2, 0) is 0 Å². The lowest BCUT2D eigenvalue weighted by Gasteiger charge is -2.18. The zero-order valence-electron chi connectivity index (χ0n) is 11.4. The van der Waals surface area contributed by atoms with Gasteiger partial charge < -0.3 is 10.1 Å². The van der Waals surface area contributed by atoms with Crippen molar-refractivity contribution in [3.8, 4) is 5.75 Å². The molecule has 0 aromatic heterocycles. The average molecular weight is 306 g/mol. The third-order valence-electron chi connectivity index (χ3n) is 2.62. The third kappa shape index (κ3) is 5.74. The molecule has 0 radical (unpaired) electrons. The van der Waals surface area contributed by atoms with E-state index in [9.17, 15) is 13.6 Å². The van der Waals surface area contributed by atoms with Gasteiger partial charge in [-0.25, -0.2) is 0 Å². The SMILES string of the molecule is CC(C)CC(CCl)NC(=O)c1ccc(OC(F)F)cc1. The van der Waals surface area contributed by atoms with Crippen LogP contribution in [0.1, 0.15) is 30.6 Å². The number of hydrogen-bond acceptors (Lipinski definition) is 2. The van der Waals surface area contributed by atoms with Crippen LogP contribution in [-0.4, -0.2) is 24.4 Å². The second kappa shape index (κ2) is 8.04. The highest BCUT2D eigenvalue weighted by Crippen LogP contribution is 2.15. The molecule has 1 atom stereocenters. The Morgan fingerprint density at radius 3 is 2.35 bits per heavy atom. The number of halogens is 3. The maximum absolute atomic E-state index is 12.0. The molecule has 20 heavy (non-hydrogen) atoms. The van der Waals surface area contributed by atoms with Gasteiger partial charge in [-0.1, -0.05) is 13.8 Å². The molecule has 1 rings (SSSR count). The Morgan fingerprint density at radius 2 is 1.90 bits per heavy atom. The second-order valence-corrected chi connectivity index (χ2v) is 5.17. The fourth-order valence-corrected chi connectivity index (χ4v) is 1.99. The molecule has 0 saturated carbocycles. The summed E-state index contributed by atoms with van der Waals surface area (Å²) in [6.07, 6.45) is 0.780. The van der Waals surface area contributed by atoms with Crippen LogP contribution in [0.3, 0.4) is 0 Å². The number of nitrogens with one attached hydrogen (secondary N) is 1. The van der Waals surface area contributed by atoms with Gasteiger partial charge in [-0.2, -0.15) is 8.78 Å². The van der Waals surface area contributed by atoms with Gasteiger partial charge in [0.15, 0.2) is 0 Å². The Hall–Kier alpha value is -1.36. The van der Waals surface area contributed by atoms with E-state index in [1.807, 2.05) is 13.8 Å². The number of hydrogen-bond donors (Lipinski definition) is 1. The van der Waals surface area contributed by atoms with Crippen LogP contribution in [0, 0.1) is 5.92 Å². The fourth-order valence-electron chi connectivity index (χ4n) is 1.79. The number of ether oxygens (including phenoxy) is 1. The number of carbonyl (C=O) groups is 1. The lowest BCUT2D eigenvalue weighted by atomic mass is 10.0. The smallest absolute Gasteiger partial charge is 0.387 e. The first-order chi connectivity index (χ1) is 9.42. The van der Waals surface area contributed by atoms with E-state index in [1.54, 1.807) is 0 Å². The van der Waals surface area contributed by atoms with E-state index >= 15 is 0 Å². The fraction of sp³-hybridized carbons (Fsp3) is 0.500. The minimum absolute atomic E-state index is 0.0209. The Kier molecular flexibility index (Phi) is 6.71. The van der Waals surface area contributed by atoms with Gasteiger partial charge in [0.1, 0.15) is 5.75 Å². The van der Waals surface area contributed by atoms with Crippen LogP contribution in [0.5, 0.6) is 5.75 Å². The van der Waals surface area contributed by atoms with E-state index in [-0.39, 0.29) is 17.7 Å². The maximum Gasteiger partial charge on any atom is 0.387 e. The van der Waals surface area contributed by atoms with Gasteiger partial charge in [-0.05, 0) is 36.6 Å². The Labute approximate surface area is 122 Å². The van der Waals surface area contributed by atoms with E-state index in [2.05, 4.69) is 10.1 Å². The molecule has 0 spiro atoms.